The van der Waals surface area contributed by atoms with Gasteiger partial charge in [0.25, 0.3) is 0 Å². The fourth-order valence-electron chi connectivity index (χ4n) is 2.19. The lowest BCUT2D eigenvalue weighted by atomic mass is 9.92. The lowest BCUT2D eigenvalue weighted by molar-refractivity contribution is -0.119. The molecule has 1 heterocycles. The van der Waals surface area contributed by atoms with E-state index in [1.165, 1.54) is 6.07 Å². The number of nitrogens with one attached hydrogen (secondary N) is 1. The van der Waals surface area contributed by atoms with Crippen LogP contribution in [0.2, 0.25) is 0 Å². The van der Waals surface area contributed by atoms with E-state index in [-0.39, 0.29) is 30.0 Å². The lowest BCUT2D eigenvalue weighted by Crippen LogP contribution is -2.44. The van der Waals surface area contributed by atoms with Gasteiger partial charge in [0.2, 0.25) is 5.91 Å². The molecule has 4 nitrogen and oxygen atoms in total. The highest BCUT2D eigenvalue weighted by Crippen LogP contribution is 2.19. The Morgan fingerprint density at radius 1 is 1.45 bits per heavy atom. The summed E-state index contributed by atoms with van der Waals surface area (Å²) < 4.78 is 18.6. The minimum Gasteiger partial charge on any atom is -0.381 e. The number of halogens is 2. The molecule has 0 bridgehead atoms. The van der Waals surface area contributed by atoms with Crippen LogP contribution < -0.4 is 11.1 Å². The van der Waals surface area contributed by atoms with Gasteiger partial charge in [0.15, 0.2) is 0 Å². The molecule has 0 aromatic heterocycles. The second-order valence-corrected chi connectivity index (χ2v) is 4.93. The zero-order chi connectivity index (χ0) is 13.8. The molecule has 1 aromatic carbocycles. The van der Waals surface area contributed by atoms with Crippen LogP contribution >= 0.6 is 12.4 Å². The van der Waals surface area contributed by atoms with Crippen LogP contribution in [0.3, 0.4) is 0 Å². The van der Waals surface area contributed by atoms with Gasteiger partial charge in [-0.2, -0.15) is 0 Å². The van der Waals surface area contributed by atoms with Crippen LogP contribution in [0.4, 0.5) is 10.1 Å². The monoisotopic (exact) mass is 302 g/mol. The van der Waals surface area contributed by atoms with E-state index >= 15 is 0 Å². The standard InChI is InChI=1S/C14H19FN2O2.ClH/c1-9-2-3-11(8-12(9)15)17-14(18)13(16)10-4-6-19-7-5-10;/h2-3,8,10,13H,4-7,16H2,1H3,(H,17,18);1H. The summed E-state index contributed by atoms with van der Waals surface area (Å²) in [5.41, 5.74) is 6.93. The molecule has 1 unspecified atom stereocenters. The van der Waals surface area contributed by atoms with Crippen molar-refractivity contribution in [1.29, 1.82) is 0 Å². The van der Waals surface area contributed by atoms with E-state index in [2.05, 4.69) is 5.32 Å². The van der Waals surface area contributed by atoms with Gasteiger partial charge in [-0.15, -0.1) is 12.4 Å². The number of rotatable bonds is 3. The van der Waals surface area contributed by atoms with E-state index in [4.69, 9.17) is 10.5 Å². The molecule has 112 valence electrons. The SMILES string of the molecule is Cc1ccc(NC(=O)C(N)C2CCOCC2)cc1F.Cl. The summed E-state index contributed by atoms with van der Waals surface area (Å²) >= 11 is 0. The average molecular weight is 303 g/mol. The summed E-state index contributed by atoms with van der Waals surface area (Å²) in [5.74, 6) is -0.475. The first kappa shape index (κ1) is 16.9. The number of hydrogen-bond donors (Lipinski definition) is 2. The van der Waals surface area contributed by atoms with Crippen LogP contribution in [0.5, 0.6) is 0 Å². The van der Waals surface area contributed by atoms with E-state index in [1.807, 2.05) is 0 Å². The van der Waals surface area contributed by atoms with Crippen molar-refractivity contribution in [3.8, 4) is 0 Å². The van der Waals surface area contributed by atoms with Crippen LogP contribution in [-0.2, 0) is 9.53 Å². The molecule has 1 fully saturated rings. The molecule has 1 aliphatic rings. The molecule has 1 amide bonds. The van der Waals surface area contributed by atoms with Crippen molar-refractivity contribution in [2.24, 2.45) is 11.7 Å². The van der Waals surface area contributed by atoms with Gasteiger partial charge in [-0.1, -0.05) is 6.07 Å². The van der Waals surface area contributed by atoms with E-state index in [0.29, 0.717) is 24.5 Å². The molecule has 0 aliphatic carbocycles. The number of ether oxygens (including phenoxy) is 1. The Morgan fingerprint density at radius 2 is 2.10 bits per heavy atom. The first-order valence-corrected chi connectivity index (χ1v) is 6.48. The maximum atomic E-state index is 13.4. The first-order chi connectivity index (χ1) is 9.08. The molecule has 0 radical (unpaired) electrons. The Bertz CT molecular complexity index is 464. The number of amides is 1. The number of carbonyl (C=O) groups is 1. The molecule has 1 aliphatic heterocycles. The Morgan fingerprint density at radius 3 is 2.70 bits per heavy atom. The lowest BCUT2D eigenvalue weighted by Gasteiger charge is -2.26. The van der Waals surface area contributed by atoms with E-state index in [1.54, 1.807) is 19.1 Å². The summed E-state index contributed by atoms with van der Waals surface area (Å²) in [6.45, 7) is 2.96. The molecule has 1 saturated heterocycles. The zero-order valence-corrected chi connectivity index (χ0v) is 12.2. The molecule has 1 atom stereocenters. The van der Waals surface area contributed by atoms with Crippen LogP contribution in [0.1, 0.15) is 18.4 Å². The van der Waals surface area contributed by atoms with Gasteiger partial charge in [0.1, 0.15) is 5.82 Å². The van der Waals surface area contributed by atoms with E-state index < -0.39 is 6.04 Å². The number of anilines is 1. The summed E-state index contributed by atoms with van der Waals surface area (Å²) in [4.78, 5) is 12.0. The van der Waals surface area contributed by atoms with Crippen LogP contribution in [-0.4, -0.2) is 25.2 Å². The Hall–Kier alpha value is -1.17. The summed E-state index contributed by atoms with van der Waals surface area (Å²) in [7, 11) is 0. The maximum absolute atomic E-state index is 13.4. The van der Waals surface area contributed by atoms with Gasteiger partial charge in [-0.05, 0) is 43.4 Å². The molecule has 0 saturated carbocycles. The highest BCUT2D eigenvalue weighted by molar-refractivity contribution is 5.94. The van der Waals surface area contributed by atoms with Gasteiger partial charge in [-0.3, -0.25) is 4.79 Å². The van der Waals surface area contributed by atoms with Gasteiger partial charge < -0.3 is 15.8 Å². The quantitative estimate of drug-likeness (QED) is 0.900. The fraction of sp³-hybridized carbons (Fsp3) is 0.500. The topological polar surface area (TPSA) is 64.4 Å². The number of nitrogens with two attached hydrogens (primary N) is 1. The maximum Gasteiger partial charge on any atom is 0.241 e. The van der Waals surface area contributed by atoms with Crippen molar-refractivity contribution in [3.63, 3.8) is 0 Å². The Kier molecular flexibility index (Phi) is 6.39. The molecule has 20 heavy (non-hydrogen) atoms. The highest BCUT2D eigenvalue weighted by atomic mass is 35.5. The third kappa shape index (κ3) is 4.16. The third-order valence-corrected chi connectivity index (χ3v) is 3.52. The second-order valence-electron chi connectivity index (χ2n) is 4.93. The van der Waals surface area contributed by atoms with Gasteiger partial charge >= 0.3 is 0 Å². The number of hydrogen-bond acceptors (Lipinski definition) is 3. The number of benzene rings is 1. The zero-order valence-electron chi connectivity index (χ0n) is 11.4. The van der Waals surface area contributed by atoms with Crippen molar-refractivity contribution in [2.45, 2.75) is 25.8 Å². The van der Waals surface area contributed by atoms with E-state index in [0.717, 1.165) is 12.8 Å². The number of aryl methyl sites for hydroxylation is 1. The van der Waals surface area contributed by atoms with Crippen molar-refractivity contribution in [3.05, 3.63) is 29.6 Å². The second kappa shape index (κ2) is 7.57. The fourth-order valence-corrected chi connectivity index (χ4v) is 2.19. The molecular formula is C14H20ClFN2O2. The number of carbonyl (C=O) groups excluding carboxylic acids is 1. The summed E-state index contributed by atoms with van der Waals surface area (Å²) in [6.07, 6.45) is 1.58. The van der Waals surface area contributed by atoms with Crippen molar-refractivity contribution >= 4 is 24.0 Å². The predicted octanol–water partition coefficient (Wildman–Crippen LogP) is 2.25. The first-order valence-electron chi connectivity index (χ1n) is 6.48. The largest absolute Gasteiger partial charge is 0.381 e. The minimum atomic E-state index is -0.576. The molecule has 2 rings (SSSR count). The minimum absolute atomic E-state index is 0. The average Bonchev–Trinajstić information content (AvgIpc) is 2.43. The van der Waals surface area contributed by atoms with Crippen molar-refractivity contribution in [1.82, 2.24) is 0 Å². The molecule has 3 N–H and O–H groups in total. The van der Waals surface area contributed by atoms with Crippen LogP contribution in [0, 0.1) is 18.7 Å². The van der Waals surface area contributed by atoms with Crippen molar-refractivity contribution < 1.29 is 13.9 Å². The molecule has 0 spiro atoms. The molecular weight excluding hydrogens is 283 g/mol. The van der Waals surface area contributed by atoms with Gasteiger partial charge in [-0.25, -0.2) is 4.39 Å². The highest BCUT2D eigenvalue weighted by Gasteiger charge is 2.26. The smallest absolute Gasteiger partial charge is 0.241 e. The van der Waals surface area contributed by atoms with Crippen LogP contribution in [0.25, 0.3) is 0 Å². The third-order valence-electron chi connectivity index (χ3n) is 3.52. The van der Waals surface area contributed by atoms with Gasteiger partial charge in [0.05, 0.1) is 6.04 Å². The predicted molar refractivity (Wildman–Crippen MR) is 78.5 cm³/mol. The normalized spacial score (nSPS) is 17.1. The molecule has 1 aromatic rings. The van der Waals surface area contributed by atoms with E-state index in [9.17, 15) is 9.18 Å². The Labute approximate surface area is 124 Å². The summed E-state index contributed by atoms with van der Waals surface area (Å²) in [5, 5.41) is 2.66. The van der Waals surface area contributed by atoms with Gasteiger partial charge in [0, 0.05) is 18.9 Å². The Balaban J connectivity index is 0.00000200. The summed E-state index contributed by atoms with van der Waals surface area (Å²) in [6, 6.07) is 4.04. The molecule has 6 heteroatoms. The van der Waals surface area contributed by atoms with Crippen molar-refractivity contribution in [2.75, 3.05) is 18.5 Å². The van der Waals surface area contributed by atoms with Crippen LogP contribution in [0.15, 0.2) is 18.2 Å².